The van der Waals surface area contributed by atoms with Crippen LogP contribution in [0.25, 0.3) is 11.4 Å². The van der Waals surface area contributed by atoms with E-state index in [9.17, 15) is 0 Å². The standard InChI is InChI=1S/C15H21N3S/c1-4-9-18-14(13-8-6-7-12(3)11-13)16-17-15(18)19-10-5-2/h6-8,11H,4-5,9-10H2,1-3H3. The van der Waals surface area contributed by atoms with Gasteiger partial charge in [0.15, 0.2) is 11.0 Å². The van der Waals surface area contributed by atoms with Crippen molar-refractivity contribution in [1.29, 1.82) is 0 Å². The van der Waals surface area contributed by atoms with Gasteiger partial charge in [0.25, 0.3) is 0 Å². The van der Waals surface area contributed by atoms with E-state index in [1.807, 2.05) is 0 Å². The molecule has 2 aromatic rings. The van der Waals surface area contributed by atoms with Crippen molar-refractivity contribution in [3.8, 4) is 11.4 Å². The number of rotatable bonds is 6. The van der Waals surface area contributed by atoms with Crippen LogP contribution in [0.3, 0.4) is 0 Å². The van der Waals surface area contributed by atoms with Gasteiger partial charge < -0.3 is 4.57 Å². The lowest BCUT2D eigenvalue weighted by Crippen LogP contribution is -2.02. The molecule has 3 nitrogen and oxygen atoms in total. The Kier molecular flexibility index (Phi) is 5.02. The summed E-state index contributed by atoms with van der Waals surface area (Å²) in [5.74, 6) is 2.08. The van der Waals surface area contributed by atoms with Gasteiger partial charge in [0.1, 0.15) is 0 Å². The average Bonchev–Trinajstić information content (AvgIpc) is 2.80. The van der Waals surface area contributed by atoms with Crippen LogP contribution in [-0.4, -0.2) is 20.5 Å². The van der Waals surface area contributed by atoms with Crippen molar-refractivity contribution in [3.05, 3.63) is 29.8 Å². The first-order valence-electron chi connectivity index (χ1n) is 6.89. The molecule has 1 heterocycles. The molecule has 0 aliphatic carbocycles. The molecule has 4 heteroatoms. The van der Waals surface area contributed by atoms with Crippen LogP contribution in [0.2, 0.25) is 0 Å². The molecule has 0 bridgehead atoms. The molecule has 19 heavy (non-hydrogen) atoms. The topological polar surface area (TPSA) is 30.7 Å². The summed E-state index contributed by atoms with van der Waals surface area (Å²) in [5, 5.41) is 9.79. The Bertz CT molecular complexity index is 534. The van der Waals surface area contributed by atoms with E-state index >= 15 is 0 Å². The van der Waals surface area contributed by atoms with E-state index in [2.05, 4.69) is 59.8 Å². The molecular formula is C15H21N3S. The van der Waals surface area contributed by atoms with E-state index in [4.69, 9.17) is 0 Å². The first-order chi connectivity index (χ1) is 9.26. The van der Waals surface area contributed by atoms with E-state index in [0.29, 0.717) is 0 Å². The van der Waals surface area contributed by atoms with E-state index < -0.39 is 0 Å². The molecule has 1 aromatic heterocycles. The first kappa shape index (κ1) is 14.1. The number of thioether (sulfide) groups is 1. The molecule has 0 amide bonds. The molecular weight excluding hydrogens is 254 g/mol. The lowest BCUT2D eigenvalue weighted by molar-refractivity contribution is 0.626. The second kappa shape index (κ2) is 6.75. The summed E-state index contributed by atoms with van der Waals surface area (Å²) in [4.78, 5) is 0. The number of nitrogens with zero attached hydrogens (tertiary/aromatic N) is 3. The maximum atomic E-state index is 4.39. The molecule has 0 saturated carbocycles. The van der Waals surface area contributed by atoms with Crippen molar-refractivity contribution < 1.29 is 0 Å². The monoisotopic (exact) mass is 275 g/mol. The minimum atomic E-state index is 0.975. The van der Waals surface area contributed by atoms with Gasteiger partial charge in [-0.05, 0) is 25.8 Å². The van der Waals surface area contributed by atoms with Crippen molar-refractivity contribution in [2.45, 2.75) is 45.3 Å². The van der Waals surface area contributed by atoms with E-state index in [1.54, 1.807) is 11.8 Å². The number of hydrogen-bond donors (Lipinski definition) is 0. The van der Waals surface area contributed by atoms with Crippen LogP contribution in [0.4, 0.5) is 0 Å². The lowest BCUT2D eigenvalue weighted by Gasteiger charge is -2.08. The Morgan fingerprint density at radius 2 is 2.00 bits per heavy atom. The Morgan fingerprint density at radius 1 is 1.16 bits per heavy atom. The molecule has 0 aliphatic heterocycles. The quantitative estimate of drug-likeness (QED) is 0.741. The van der Waals surface area contributed by atoms with Gasteiger partial charge in [-0.2, -0.15) is 0 Å². The maximum Gasteiger partial charge on any atom is 0.191 e. The second-order valence-corrected chi connectivity index (χ2v) is 5.74. The number of aryl methyl sites for hydroxylation is 1. The second-order valence-electron chi connectivity index (χ2n) is 4.68. The van der Waals surface area contributed by atoms with Gasteiger partial charge in [-0.3, -0.25) is 0 Å². The molecule has 0 atom stereocenters. The predicted octanol–water partition coefficient (Wildman–Crippen LogP) is 4.17. The van der Waals surface area contributed by atoms with Crippen molar-refractivity contribution in [2.24, 2.45) is 0 Å². The third kappa shape index (κ3) is 3.38. The van der Waals surface area contributed by atoms with Crippen molar-refractivity contribution in [1.82, 2.24) is 14.8 Å². The summed E-state index contributed by atoms with van der Waals surface area (Å²) in [5.41, 5.74) is 2.41. The number of aromatic nitrogens is 3. The van der Waals surface area contributed by atoms with Gasteiger partial charge in [0.2, 0.25) is 0 Å². The molecule has 0 fully saturated rings. The maximum absolute atomic E-state index is 4.39. The van der Waals surface area contributed by atoms with Crippen molar-refractivity contribution >= 4 is 11.8 Å². The zero-order valence-electron chi connectivity index (χ0n) is 11.9. The zero-order valence-corrected chi connectivity index (χ0v) is 12.7. The van der Waals surface area contributed by atoms with Crippen LogP contribution < -0.4 is 0 Å². The molecule has 0 spiro atoms. The Hall–Kier alpha value is -1.29. The first-order valence-corrected chi connectivity index (χ1v) is 7.87. The van der Waals surface area contributed by atoms with Gasteiger partial charge in [-0.25, -0.2) is 0 Å². The third-order valence-electron chi connectivity index (χ3n) is 2.88. The summed E-state index contributed by atoms with van der Waals surface area (Å²) in [6, 6.07) is 8.47. The highest BCUT2D eigenvalue weighted by atomic mass is 32.2. The Morgan fingerprint density at radius 3 is 2.68 bits per heavy atom. The van der Waals surface area contributed by atoms with Crippen LogP contribution in [-0.2, 0) is 6.54 Å². The minimum absolute atomic E-state index is 0.975. The fourth-order valence-corrected chi connectivity index (χ4v) is 2.83. The molecule has 0 unspecified atom stereocenters. The summed E-state index contributed by atoms with van der Waals surface area (Å²) >= 11 is 1.80. The minimum Gasteiger partial charge on any atom is -0.302 e. The molecule has 0 radical (unpaired) electrons. The summed E-state index contributed by atoms with van der Waals surface area (Å²) in [6.07, 6.45) is 2.25. The number of benzene rings is 1. The largest absolute Gasteiger partial charge is 0.302 e. The predicted molar refractivity (Wildman–Crippen MR) is 81.5 cm³/mol. The highest BCUT2D eigenvalue weighted by Crippen LogP contribution is 2.25. The van der Waals surface area contributed by atoms with Crippen LogP contribution >= 0.6 is 11.8 Å². The fraction of sp³-hybridized carbons (Fsp3) is 0.467. The molecule has 102 valence electrons. The van der Waals surface area contributed by atoms with Gasteiger partial charge in [-0.15, -0.1) is 10.2 Å². The van der Waals surface area contributed by atoms with Crippen molar-refractivity contribution in [3.63, 3.8) is 0 Å². The fourth-order valence-electron chi connectivity index (χ4n) is 2.01. The number of hydrogen-bond acceptors (Lipinski definition) is 3. The smallest absolute Gasteiger partial charge is 0.191 e. The summed E-state index contributed by atoms with van der Waals surface area (Å²) in [6.45, 7) is 7.46. The molecule has 0 aliphatic rings. The van der Waals surface area contributed by atoms with Gasteiger partial charge in [-0.1, -0.05) is 49.4 Å². The zero-order chi connectivity index (χ0) is 13.7. The lowest BCUT2D eigenvalue weighted by atomic mass is 10.1. The molecule has 1 aromatic carbocycles. The highest BCUT2D eigenvalue weighted by Gasteiger charge is 2.13. The highest BCUT2D eigenvalue weighted by molar-refractivity contribution is 7.99. The molecule has 0 N–H and O–H groups in total. The molecule has 0 saturated heterocycles. The van der Waals surface area contributed by atoms with E-state index in [-0.39, 0.29) is 0 Å². The third-order valence-corrected chi connectivity index (χ3v) is 4.05. The average molecular weight is 275 g/mol. The Balaban J connectivity index is 2.36. The van der Waals surface area contributed by atoms with Crippen LogP contribution in [0.15, 0.2) is 29.4 Å². The van der Waals surface area contributed by atoms with Gasteiger partial charge >= 0.3 is 0 Å². The van der Waals surface area contributed by atoms with Crippen molar-refractivity contribution in [2.75, 3.05) is 5.75 Å². The van der Waals surface area contributed by atoms with Crippen LogP contribution in [0.1, 0.15) is 32.3 Å². The summed E-state index contributed by atoms with van der Waals surface area (Å²) in [7, 11) is 0. The summed E-state index contributed by atoms with van der Waals surface area (Å²) < 4.78 is 2.25. The SMILES string of the molecule is CCCSc1nnc(-c2cccc(C)c2)n1CCC. The van der Waals surface area contributed by atoms with E-state index in [0.717, 1.165) is 41.7 Å². The van der Waals surface area contributed by atoms with E-state index in [1.165, 1.54) is 5.56 Å². The van der Waals surface area contributed by atoms with Crippen LogP contribution in [0, 0.1) is 6.92 Å². The normalized spacial score (nSPS) is 10.9. The van der Waals surface area contributed by atoms with Gasteiger partial charge in [0.05, 0.1) is 0 Å². The molecule has 2 rings (SSSR count). The van der Waals surface area contributed by atoms with Gasteiger partial charge in [0, 0.05) is 17.9 Å². The van der Waals surface area contributed by atoms with Crippen LogP contribution in [0.5, 0.6) is 0 Å². The Labute approximate surface area is 119 Å².